The number of hydrogen-bond donors (Lipinski definition) is 2. The Hall–Kier alpha value is -0.810. The van der Waals surface area contributed by atoms with Crippen molar-refractivity contribution in [1.29, 1.82) is 0 Å². The number of hydrogen-bond acceptors (Lipinski definition) is 4. The molecule has 0 saturated carbocycles. The van der Waals surface area contributed by atoms with E-state index in [2.05, 4.69) is 10.6 Å². The first-order valence-corrected chi connectivity index (χ1v) is 5.62. The fourth-order valence-electron chi connectivity index (χ4n) is 1.73. The maximum atomic E-state index is 11.5. The van der Waals surface area contributed by atoms with Gasteiger partial charge in [0.15, 0.2) is 0 Å². The maximum Gasteiger partial charge on any atom is 0.407 e. The molecule has 1 saturated heterocycles. The van der Waals surface area contributed by atoms with Gasteiger partial charge in [-0.05, 0) is 27.2 Å². The van der Waals surface area contributed by atoms with Crippen LogP contribution in [0.5, 0.6) is 0 Å². The van der Waals surface area contributed by atoms with Gasteiger partial charge in [0.2, 0.25) is 0 Å². The molecule has 5 heteroatoms. The molecule has 0 unspecified atom stereocenters. The average molecular weight is 230 g/mol. The molecule has 1 rings (SSSR count). The van der Waals surface area contributed by atoms with Gasteiger partial charge in [-0.15, -0.1) is 0 Å². The predicted molar refractivity (Wildman–Crippen MR) is 61.4 cm³/mol. The summed E-state index contributed by atoms with van der Waals surface area (Å²) in [5, 5.41) is 6.13. The number of amides is 1. The minimum absolute atomic E-state index is 0.134. The summed E-state index contributed by atoms with van der Waals surface area (Å²) in [5.74, 6) is 0. The lowest BCUT2D eigenvalue weighted by molar-refractivity contribution is 0.0507. The van der Waals surface area contributed by atoms with Crippen LogP contribution in [0, 0.1) is 0 Å². The molecule has 1 heterocycles. The van der Waals surface area contributed by atoms with E-state index in [0.717, 1.165) is 13.0 Å². The fraction of sp³-hybridized carbons (Fsp3) is 0.909. The van der Waals surface area contributed by atoms with Crippen LogP contribution in [0.1, 0.15) is 27.2 Å². The van der Waals surface area contributed by atoms with Crippen molar-refractivity contribution in [1.82, 2.24) is 10.6 Å². The van der Waals surface area contributed by atoms with Crippen LogP contribution in [0.2, 0.25) is 0 Å². The van der Waals surface area contributed by atoms with Crippen LogP contribution < -0.4 is 10.6 Å². The molecule has 0 aromatic heterocycles. The molecule has 94 valence electrons. The second-order valence-corrected chi connectivity index (χ2v) is 5.14. The van der Waals surface area contributed by atoms with Crippen LogP contribution in [-0.2, 0) is 9.47 Å². The van der Waals surface area contributed by atoms with Crippen molar-refractivity contribution >= 4 is 6.09 Å². The van der Waals surface area contributed by atoms with E-state index in [0.29, 0.717) is 12.6 Å². The fourth-order valence-corrected chi connectivity index (χ4v) is 1.73. The van der Waals surface area contributed by atoms with Gasteiger partial charge in [-0.25, -0.2) is 4.79 Å². The zero-order valence-corrected chi connectivity index (χ0v) is 10.5. The molecule has 0 aromatic carbocycles. The van der Waals surface area contributed by atoms with Gasteiger partial charge >= 0.3 is 6.09 Å². The van der Waals surface area contributed by atoms with Crippen LogP contribution >= 0.6 is 0 Å². The van der Waals surface area contributed by atoms with Crippen molar-refractivity contribution in [3.63, 3.8) is 0 Å². The Bertz CT molecular complexity index is 238. The molecule has 0 aromatic rings. The molecule has 0 bridgehead atoms. The van der Waals surface area contributed by atoms with Crippen LogP contribution in [0.3, 0.4) is 0 Å². The third kappa shape index (κ3) is 4.81. The molecule has 1 aliphatic rings. The lowest BCUT2D eigenvalue weighted by atomic mass is 10.2. The Morgan fingerprint density at radius 1 is 1.50 bits per heavy atom. The van der Waals surface area contributed by atoms with Gasteiger partial charge in [-0.2, -0.15) is 0 Å². The molecule has 0 radical (unpaired) electrons. The second-order valence-electron chi connectivity index (χ2n) is 5.14. The molecule has 0 spiro atoms. The first kappa shape index (κ1) is 13.3. The van der Waals surface area contributed by atoms with E-state index in [1.54, 1.807) is 7.11 Å². The molecule has 16 heavy (non-hydrogen) atoms. The summed E-state index contributed by atoms with van der Waals surface area (Å²) in [6.45, 7) is 7.01. The highest BCUT2D eigenvalue weighted by Crippen LogP contribution is 2.10. The van der Waals surface area contributed by atoms with Crippen molar-refractivity contribution in [3.8, 4) is 0 Å². The lowest BCUT2D eigenvalue weighted by Gasteiger charge is -2.21. The summed E-state index contributed by atoms with van der Waals surface area (Å²) < 4.78 is 10.2. The van der Waals surface area contributed by atoms with E-state index >= 15 is 0 Å². The second kappa shape index (κ2) is 5.50. The Kier molecular flexibility index (Phi) is 4.56. The van der Waals surface area contributed by atoms with Crippen LogP contribution in [0.4, 0.5) is 4.79 Å². The third-order valence-electron chi connectivity index (χ3n) is 2.31. The number of ether oxygens (including phenoxy) is 2. The summed E-state index contributed by atoms with van der Waals surface area (Å²) in [6.07, 6.45) is 0.532. The van der Waals surface area contributed by atoms with E-state index in [9.17, 15) is 4.79 Å². The van der Waals surface area contributed by atoms with Crippen LogP contribution in [0.25, 0.3) is 0 Å². The van der Waals surface area contributed by atoms with Gasteiger partial charge in [0.05, 0.1) is 6.61 Å². The topological polar surface area (TPSA) is 59.6 Å². The standard InChI is InChI=1S/C11H22N2O3/c1-11(2,3)16-10(14)13-8-5-9(7-15-4)12-6-8/h8-9,12H,5-7H2,1-4H3,(H,13,14)/t8-,9+/m0/s1. The number of methoxy groups -OCH3 is 1. The summed E-state index contributed by atoms with van der Waals surface area (Å²) in [4.78, 5) is 11.5. The van der Waals surface area contributed by atoms with Crippen molar-refractivity contribution in [2.75, 3.05) is 20.3 Å². The number of alkyl carbamates (subject to hydrolysis) is 1. The third-order valence-corrected chi connectivity index (χ3v) is 2.31. The van der Waals surface area contributed by atoms with E-state index in [4.69, 9.17) is 9.47 Å². The minimum Gasteiger partial charge on any atom is -0.444 e. The largest absolute Gasteiger partial charge is 0.444 e. The lowest BCUT2D eigenvalue weighted by Crippen LogP contribution is -2.40. The molecular formula is C11H22N2O3. The number of carbonyl (C=O) groups excluding carboxylic acids is 1. The zero-order valence-electron chi connectivity index (χ0n) is 10.5. The number of rotatable bonds is 3. The van der Waals surface area contributed by atoms with Crippen molar-refractivity contribution in [3.05, 3.63) is 0 Å². The van der Waals surface area contributed by atoms with Crippen molar-refractivity contribution in [2.45, 2.75) is 44.9 Å². The maximum absolute atomic E-state index is 11.5. The molecule has 1 aliphatic heterocycles. The van der Waals surface area contributed by atoms with Gasteiger partial charge in [-0.1, -0.05) is 0 Å². The van der Waals surface area contributed by atoms with E-state index < -0.39 is 5.60 Å². The van der Waals surface area contributed by atoms with E-state index in [1.165, 1.54) is 0 Å². The highest BCUT2D eigenvalue weighted by atomic mass is 16.6. The molecule has 1 amide bonds. The van der Waals surface area contributed by atoms with E-state index in [1.807, 2.05) is 20.8 Å². The number of nitrogens with one attached hydrogen (secondary N) is 2. The minimum atomic E-state index is -0.442. The van der Waals surface area contributed by atoms with Gasteiger partial charge in [0, 0.05) is 25.7 Å². The SMILES string of the molecule is COC[C@H]1C[C@H](NC(=O)OC(C)(C)C)CN1. The van der Waals surface area contributed by atoms with Gasteiger partial charge < -0.3 is 20.1 Å². The monoisotopic (exact) mass is 230 g/mol. The predicted octanol–water partition coefficient (Wildman–Crippen LogP) is 0.888. The Labute approximate surface area is 96.9 Å². The Balaban J connectivity index is 2.26. The highest BCUT2D eigenvalue weighted by Gasteiger charge is 2.26. The molecule has 2 atom stereocenters. The summed E-state index contributed by atoms with van der Waals surface area (Å²) in [6, 6.07) is 0.458. The molecule has 5 nitrogen and oxygen atoms in total. The molecule has 2 N–H and O–H groups in total. The van der Waals surface area contributed by atoms with Crippen LogP contribution in [0.15, 0.2) is 0 Å². The first-order valence-electron chi connectivity index (χ1n) is 5.62. The highest BCUT2D eigenvalue weighted by molar-refractivity contribution is 5.68. The smallest absolute Gasteiger partial charge is 0.407 e. The zero-order chi connectivity index (χ0) is 12.2. The van der Waals surface area contributed by atoms with Gasteiger partial charge in [0.25, 0.3) is 0 Å². The van der Waals surface area contributed by atoms with Crippen molar-refractivity contribution < 1.29 is 14.3 Å². The summed E-state index contributed by atoms with van der Waals surface area (Å²) in [5.41, 5.74) is -0.442. The Morgan fingerprint density at radius 3 is 2.75 bits per heavy atom. The number of carbonyl (C=O) groups is 1. The van der Waals surface area contributed by atoms with Gasteiger partial charge in [-0.3, -0.25) is 0 Å². The molecule has 0 aliphatic carbocycles. The normalized spacial score (nSPS) is 25.5. The first-order chi connectivity index (χ1) is 7.40. The van der Waals surface area contributed by atoms with E-state index in [-0.39, 0.29) is 12.1 Å². The average Bonchev–Trinajstić information content (AvgIpc) is 2.49. The van der Waals surface area contributed by atoms with Gasteiger partial charge in [0.1, 0.15) is 5.60 Å². The Morgan fingerprint density at radius 2 is 2.19 bits per heavy atom. The van der Waals surface area contributed by atoms with Crippen molar-refractivity contribution in [2.24, 2.45) is 0 Å². The molecule has 1 fully saturated rings. The summed E-state index contributed by atoms with van der Waals surface area (Å²) >= 11 is 0. The molecular weight excluding hydrogens is 208 g/mol. The summed E-state index contributed by atoms with van der Waals surface area (Å²) in [7, 11) is 1.68. The quantitative estimate of drug-likeness (QED) is 0.756. The van der Waals surface area contributed by atoms with Crippen LogP contribution in [-0.4, -0.2) is 44.0 Å².